The molecule has 2 atom stereocenters. The van der Waals surface area contributed by atoms with Gasteiger partial charge in [0.05, 0.1) is 6.04 Å². The van der Waals surface area contributed by atoms with E-state index in [1.165, 1.54) is 4.88 Å². The molecular weight excluding hydrogens is 316 g/mol. The molecule has 1 amide bonds. The van der Waals surface area contributed by atoms with Crippen molar-refractivity contribution in [2.75, 3.05) is 0 Å². The van der Waals surface area contributed by atoms with Gasteiger partial charge in [-0.3, -0.25) is 4.79 Å². The standard InChI is InChI=1S/C17H22N2OS.ClH/c1-12(2)17(15-9-6-10-21-15)19-16(20)11-14(18)13-7-4-3-5-8-13;/h3-10,12,14,17H,11,18H2,1-2H3,(H,19,20);1H. The van der Waals surface area contributed by atoms with Gasteiger partial charge in [0, 0.05) is 17.3 Å². The third kappa shape index (κ3) is 5.13. The van der Waals surface area contributed by atoms with Gasteiger partial charge in [-0.2, -0.15) is 0 Å². The first-order chi connectivity index (χ1) is 10.1. The lowest BCUT2D eigenvalue weighted by atomic mass is 10.0. The summed E-state index contributed by atoms with van der Waals surface area (Å²) < 4.78 is 0. The minimum absolute atomic E-state index is 0. The fourth-order valence-electron chi connectivity index (χ4n) is 2.28. The maximum atomic E-state index is 12.3. The molecular formula is C17H23ClN2OS. The number of benzene rings is 1. The van der Waals surface area contributed by atoms with Crippen molar-refractivity contribution in [3.8, 4) is 0 Å². The molecule has 2 rings (SSSR count). The third-order valence-corrected chi connectivity index (χ3v) is 4.42. The molecule has 2 unspecified atom stereocenters. The van der Waals surface area contributed by atoms with Gasteiger partial charge in [0.1, 0.15) is 0 Å². The zero-order chi connectivity index (χ0) is 15.2. The number of nitrogens with one attached hydrogen (secondary N) is 1. The molecule has 5 heteroatoms. The molecule has 22 heavy (non-hydrogen) atoms. The van der Waals surface area contributed by atoms with Crippen LogP contribution in [0.3, 0.4) is 0 Å². The van der Waals surface area contributed by atoms with E-state index in [-0.39, 0.29) is 30.4 Å². The second kappa shape index (κ2) is 8.93. The van der Waals surface area contributed by atoms with Gasteiger partial charge in [-0.15, -0.1) is 23.7 Å². The Kier molecular flexibility index (Phi) is 7.59. The van der Waals surface area contributed by atoms with Crippen LogP contribution in [-0.4, -0.2) is 5.91 Å². The van der Waals surface area contributed by atoms with Crippen LogP contribution in [0.25, 0.3) is 0 Å². The number of nitrogens with two attached hydrogens (primary N) is 1. The summed E-state index contributed by atoms with van der Waals surface area (Å²) in [5.74, 6) is 0.346. The lowest BCUT2D eigenvalue weighted by molar-refractivity contribution is -0.122. The fraction of sp³-hybridized carbons (Fsp3) is 0.353. The topological polar surface area (TPSA) is 55.1 Å². The second-order valence-corrected chi connectivity index (χ2v) is 6.51. The van der Waals surface area contributed by atoms with E-state index >= 15 is 0 Å². The monoisotopic (exact) mass is 338 g/mol. The van der Waals surface area contributed by atoms with Crippen molar-refractivity contribution in [1.82, 2.24) is 5.32 Å². The Labute approximate surface area is 142 Å². The van der Waals surface area contributed by atoms with Crippen LogP contribution in [0.2, 0.25) is 0 Å². The van der Waals surface area contributed by atoms with Gasteiger partial charge in [-0.1, -0.05) is 50.2 Å². The minimum atomic E-state index is -0.262. The molecule has 0 aliphatic rings. The molecule has 1 heterocycles. The maximum absolute atomic E-state index is 12.3. The van der Waals surface area contributed by atoms with Crippen LogP contribution >= 0.6 is 23.7 Å². The molecule has 2 aromatic rings. The van der Waals surface area contributed by atoms with Gasteiger partial charge in [0.25, 0.3) is 0 Å². The predicted octanol–water partition coefficient (Wildman–Crippen LogP) is 4.07. The summed E-state index contributed by atoms with van der Waals surface area (Å²) in [6, 6.07) is 13.6. The first-order valence-corrected chi connectivity index (χ1v) is 8.09. The Morgan fingerprint density at radius 1 is 1.18 bits per heavy atom. The number of hydrogen-bond acceptors (Lipinski definition) is 3. The van der Waals surface area contributed by atoms with E-state index in [0.29, 0.717) is 12.3 Å². The van der Waals surface area contributed by atoms with E-state index < -0.39 is 0 Å². The van der Waals surface area contributed by atoms with Crippen molar-refractivity contribution in [3.63, 3.8) is 0 Å². The van der Waals surface area contributed by atoms with E-state index in [2.05, 4.69) is 25.2 Å². The molecule has 1 aromatic heterocycles. The molecule has 0 radical (unpaired) electrons. The smallest absolute Gasteiger partial charge is 0.222 e. The summed E-state index contributed by atoms with van der Waals surface area (Å²) in [4.78, 5) is 13.4. The number of amides is 1. The number of carbonyl (C=O) groups excluding carboxylic acids is 1. The maximum Gasteiger partial charge on any atom is 0.222 e. The van der Waals surface area contributed by atoms with Gasteiger partial charge in [0.15, 0.2) is 0 Å². The lowest BCUT2D eigenvalue weighted by Crippen LogP contribution is -2.33. The molecule has 0 spiro atoms. The molecule has 120 valence electrons. The van der Waals surface area contributed by atoms with Gasteiger partial charge in [-0.25, -0.2) is 0 Å². The zero-order valence-electron chi connectivity index (χ0n) is 12.9. The highest BCUT2D eigenvalue weighted by molar-refractivity contribution is 7.10. The van der Waals surface area contributed by atoms with Crippen LogP contribution in [-0.2, 0) is 4.79 Å². The third-order valence-electron chi connectivity index (χ3n) is 3.47. The normalized spacial score (nSPS) is 13.3. The number of carbonyl (C=O) groups is 1. The van der Waals surface area contributed by atoms with Crippen molar-refractivity contribution in [1.29, 1.82) is 0 Å². The summed E-state index contributed by atoms with van der Waals surface area (Å²) >= 11 is 1.67. The van der Waals surface area contributed by atoms with Crippen molar-refractivity contribution in [3.05, 3.63) is 58.3 Å². The summed E-state index contributed by atoms with van der Waals surface area (Å²) in [5, 5.41) is 5.15. The Morgan fingerprint density at radius 2 is 1.86 bits per heavy atom. The Balaban J connectivity index is 0.00000242. The lowest BCUT2D eigenvalue weighted by Gasteiger charge is -2.22. The Hall–Kier alpha value is -1.36. The predicted molar refractivity (Wildman–Crippen MR) is 95.3 cm³/mol. The van der Waals surface area contributed by atoms with E-state index in [4.69, 9.17) is 5.73 Å². The number of hydrogen-bond donors (Lipinski definition) is 2. The minimum Gasteiger partial charge on any atom is -0.348 e. The average molecular weight is 339 g/mol. The van der Waals surface area contributed by atoms with Gasteiger partial charge in [-0.05, 0) is 22.9 Å². The van der Waals surface area contributed by atoms with Gasteiger partial charge in [0.2, 0.25) is 5.91 Å². The van der Waals surface area contributed by atoms with Crippen LogP contribution in [0.4, 0.5) is 0 Å². The van der Waals surface area contributed by atoms with Crippen LogP contribution in [0.5, 0.6) is 0 Å². The first-order valence-electron chi connectivity index (χ1n) is 7.21. The average Bonchev–Trinajstić information content (AvgIpc) is 2.99. The van der Waals surface area contributed by atoms with Crippen molar-refractivity contribution >= 4 is 29.7 Å². The highest BCUT2D eigenvalue weighted by Gasteiger charge is 2.20. The number of rotatable bonds is 6. The molecule has 0 aliphatic heterocycles. The second-order valence-electron chi connectivity index (χ2n) is 5.53. The van der Waals surface area contributed by atoms with Gasteiger partial charge < -0.3 is 11.1 Å². The molecule has 0 fully saturated rings. The molecule has 1 aromatic carbocycles. The van der Waals surface area contributed by atoms with Gasteiger partial charge >= 0.3 is 0 Å². The first kappa shape index (κ1) is 18.7. The molecule has 0 bridgehead atoms. The molecule has 3 nitrogen and oxygen atoms in total. The molecule has 0 saturated carbocycles. The molecule has 3 N–H and O–H groups in total. The zero-order valence-corrected chi connectivity index (χ0v) is 14.5. The van der Waals surface area contributed by atoms with E-state index in [0.717, 1.165) is 5.56 Å². The van der Waals surface area contributed by atoms with Crippen LogP contribution < -0.4 is 11.1 Å². The Bertz CT molecular complexity index is 557. The van der Waals surface area contributed by atoms with Crippen LogP contribution in [0.15, 0.2) is 47.8 Å². The highest BCUT2D eigenvalue weighted by atomic mass is 35.5. The Morgan fingerprint density at radius 3 is 2.41 bits per heavy atom. The van der Waals surface area contributed by atoms with Crippen LogP contribution in [0, 0.1) is 5.92 Å². The van der Waals surface area contributed by atoms with E-state index in [9.17, 15) is 4.79 Å². The van der Waals surface area contributed by atoms with Crippen molar-refractivity contribution in [2.45, 2.75) is 32.4 Å². The summed E-state index contributed by atoms with van der Waals surface area (Å²) in [6.45, 7) is 4.23. The highest BCUT2D eigenvalue weighted by Crippen LogP contribution is 2.26. The SMILES string of the molecule is CC(C)C(NC(=O)CC(N)c1ccccc1)c1cccs1.Cl. The van der Waals surface area contributed by atoms with E-state index in [1.807, 2.05) is 41.8 Å². The van der Waals surface area contributed by atoms with E-state index in [1.54, 1.807) is 11.3 Å². The summed E-state index contributed by atoms with van der Waals surface area (Å²) in [6.07, 6.45) is 0.304. The molecule has 0 saturated heterocycles. The van der Waals surface area contributed by atoms with Crippen LogP contribution in [0.1, 0.15) is 42.8 Å². The quantitative estimate of drug-likeness (QED) is 0.834. The van der Waals surface area contributed by atoms with Crippen molar-refractivity contribution < 1.29 is 4.79 Å². The van der Waals surface area contributed by atoms with Crippen molar-refractivity contribution in [2.24, 2.45) is 11.7 Å². The molecule has 0 aliphatic carbocycles. The number of halogens is 1. The number of thiophene rings is 1. The fourth-order valence-corrected chi connectivity index (χ4v) is 3.23. The summed E-state index contributed by atoms with van der Waals surface area (Å²) in [7, 11) is 0. The largest absolute Gasteiger partial charge is 0.348 e. The summed E-state index contributed by atoms with van der Waals surface area (Å²) in [5.41, 5.74) is 7.10.